The van der Waals surface area contributed by atoms with Gasteiger partial charge in [-0.25, -0.2) is 9.55 Å². The normalized spacial score (nSPS) is 10.2. The van der Waals surface area contributed by atoms with E-state index in [9.17, 15) is 4.79 Å². The predicted molar refractivity (Wildman–Crippen MR) is 78.7 cm³/mol. The molecule has 0 spiro atoms. The van der Waals surface area contributed by atoms with Crippen LogP contribution in [0.15, 0.2) is 41.3 Å². The maximum Gasteiger partial charge on any atom is 0.259 e. The molecule has 104 valence electrons. The monoisotopic (exact) mass is 290 g/mol. The number of aryl methyl sites for hydroxylation is 2. The van der Waals surface area contributed by atoms with Gasteiger partial charge in [0, 0.05) is 35.5 Å². The molecule has 5 nitrogen and oxygen atoms in total. The molecule has 0 aliphatic carbocycles. The molecule has 2 rings (SSSR count). The van der Waals surface area contributed by atoms with E-state index in [4.69, 9.17) is 11.6 Å². The average molecular weight is 291 g/mol. The minimum absolute atomic E-state index is 0.276. The lowest BCUT2D eigenvalue weighted by Crippen LogP contribution is -2.20. The first-order chi connectivity index (χ1) is 9.61. The van der Waals surface area contributed by atoms with Gasteiger partial charge in [-0.1, -0.05) is 24.6 Å². The third kappa shape index (κ3) is 3.24. The highest BCUT2D eigenvalue weighted by atomic mass is 35.5. The number of halogens is 1. The number of H-pyrrole nitrogens is 1. The SMILES string of the molecule is CCc1nc(C)cccc(Cl)cc(=O)n1-c1cc[nH]n1. The van der Waals surface area contributed by atoms with Crippen molar-refractivity contribution in [2.24, 2.45) is 0 Å². The first-order valence-corrected chi connectivity index (χ1v) is 6.63. The first-order valence-electron chi connectivity index (χ1n) is 6.25. The molecule has 6 heteroatoms. The Balaban J connectivity index is 2.91. The van der Waals surface area contributed by atoms with Gasteiger partial charge in [-0.3, -0.25) is 9.89 Å². The second-order valence-corrected chi connectivity index (χ2v) is 4.62. The lowest BCUT2D eigenvalue weighted by molar-refractivity contribution is 0.796. The Hall–Kier alpha value is -2.14. The van der Waals surface area contributed by atoms with Crippen LogP contribution >= 0.6 is 11.6 Å². The van der Waals surface area contributed by atoms with E-state index in [0.717, 1.165) is 5.69 Å². The van der Waals surface area contributed by atoms with Crippen molar-refractivity contribution in [2.75, 3.05) is 0 Å². The number of rotatable bonds is 2. The third-order valence-electron chi connectivity index (χ3n) is 2.67. The third-order valence-corrected chi connectivity index (χ3v) is 2.90. The van der Waals surface area contributed by atoms with E-state index >= 15 is 0 Å². The molecule has 2 aromatic rings. The quantitative estimate of drug-likeness (QED) is 0.924. The fourth-order valence-electron chi connectivity index (χ4n) is 1.79. The zero-order chi connectivity index (χ0) is 14.5. The number of hydrogen-bond acceptors (Lipinski definition) is 3. The molecular formula is C14H15ClN4O. The highest BCUT2D eigenvalue weighted by molar-refractivity contribution is 6.30. The summed E-state index contributed by atoms with van der Waals surface area (Å²) in [6, 6.07) is 8.32. The Morgan fingerprint density at radius 2 is 2.15 bits per heavy atom. The number of aromatic amines is 1. The van der Waals surface area contributed by atoms with Gasteiger partial charge >= 0.3 is 0 Å². The van der Waals surface area contributed by atoms with E-state index in [1.807, 2.05) is 19.9 Å². The summed E-state index contributed by atoms with van der Waals surface area (Å²) >= 11 is 6.01. The molecule has 0 aliphatic heterocycles. The van der Waals surface area contributed by atoms with Crippen molar-refractivity contribution in [3.05, 3.63) is 63.4 Å². The zero-order valence-electron chi connectivity index (χ0n) is 11.3. The summed E-state index contributed by atoms with van der Waals surface area (Å²) < 4.78 is 1.45. The van der Waals surface area contributed by atoms with Crippen LogP contribution in [0.2, 0.25) is 5.02 Å². The topological polar surface area (TPSA) is 63.6 Å². The van der Waals surface area contributed by atoms with Gasteiger partial charge in [-0.05, 0) is 19.1 Å². The van der Waals surface area contributed by atoms with Crippen LogP contribution in [0.1, 0.15) is 18.4 Å². The predicted octanol–water partition coefficient (Wildman–Crippen LogP) is 2.60. The summed E-state index contributed by atoms with van der Waals surface area (Å²) in [5.74, 6) is 1.11. The molecule has 0 radical (unpaired) electrons. The lowest BCUT2D eigenvalue weighted by Gasteiger charge is -2.05. The van der Waals surface area contributed by atoms with Crippen LogP contribution in [-0.2, 0) is 6.42 Å². The van der Waals surface area contributed by atoms with Crippen molar-refractivity contribution in [1.29, 1.82) is 0 Å². The van der Waals surface area contributed by atoms with Crippen molar-refractivity contribution in [1.82, 2.24) is 19.7 Å². The number of nitrogens with one attached hydrogen (secondary N) is 1. The fourth-order valence-corrected chi connectivity index (χ4v) is 1.95. The van der Waals surface area contributed by atoms with E-state index in [1.54, 1.807) is 24.4 Å². The molecule has 0 saturated carbocycles. The van der Waals surface area contributed by atoms with Crippen LogP contribution in [0.25, 0.3) is 5.82 Å². The van der Waals surface area contributed by atoms with Crippen molar-refractivity contribution in [2.45, 2.75) is 20.3 Å². The molecule has 1 N–H and O–H groups in total. The summed E-state index contributed by atoms with van der Waals surface area (Å²) in [5, 5.41) is 7.11. The first kappa shape index (κ1) is 14.3. The molecule has 0 fully saturated rings. The van der Waals surface area contributed by atoms with Crippen LogP contribution < -0.4 is 5.56 Å². The summed E-state index contributed by atoms with van der Waals surface area (Å²) in [7, 11) is 0. The number of hydrogen-bond donors (Lipinski definition) is 1. The molecule has 2 heterocycles. The highest BCUT2D eigenvalue weighted by Crippen LogP contribution is 2.05. The molecule has 0 atom stereocenters. The molecule has 0 saturated heterocycles. The molecule has 20 heavy (non-hydrogen) atoms. The molecule has 0 unspecified atom stereocenters. The standard InChI is InChI=1S/C14H15ClN4O/c1-3-12-17-10(2)5-4-6-11(15)9-14(20)19(12)13-7-8-16-18-13/h4-9H,3H2,1-2H3,(H,16,18). The minimum Gasteiger partial charge on any atom is -0.284 e. The van der Waals surface area contributed by atoms with Crippen LogP contribution in [0.4, 0.5) is 0 Å². The van der Waals surface area contributed by atoms with Crippen molar-refractivity contribution in [3.8, 4) is 5.82 Å². The smallest absolute Gasteiger partial charge is 0.259 e. The van der Waals surface area contributed by atoms with Gasteiger partial charge in [0.1, 0.15) is 5.82 Å². The van der Waals surface area contributed by atoms with Crippen LogP contribution in [0.5, 0.6) is 0 Å². The van der Waals surface area contributed by atoms with Gasteiger partial charge in [0.25, 0.3) is 5.56 Å². The Kier molecular flexibility index (Phi) is 4.53. The van der Waals surface area contributed by atoms with Crippen molar-refractivity contribution < 1.29 is 0 Å². The largest absolute Gasteiger partial charge is 0.284 e. The van der Waals surface area contributed by atoms with Gasteiger partial charge in [0.05, 0.1) is 0 Å². The molecule has 2 aromatic heterocycles. The average Bonchev–Trinajstić information content (AvgIpc) is 2.90. The maximum atomic E-state index is 12.4. The summed E-state index contributed by atoms with van der Waals surface area (Å²) in [6.45, 7) is 3.80. The second kappa shape index (κ2) is 6.34. The van der Waals surface area contributed by atoms with Crippen LogP contribution in [-0.4, -0.2) is 19.7 Å². The number of nitrogens with zero attached hydrogens (tertiary/aromatic N) is 3. The molecule has 0 amide bonds. The summed E-state index contributed by atoms with van der Waals surface area (Å²) in [4.78, 5) is 16.9. The van der Waals surface area contributed by atoms with E-state index in [0.29, 0.717) is 23.1 Å². The summed E-state index contributed by atoms with van der Waals surface area (Å²) in [5.41, 5.74) is 0.514. The Labute approximate surface area is 121 Å². The Morgan fingerprint density at radius 3 is 2.80 bits per heavy atom. The summed E-state index contributed by atoms with van der Waals surface area (Å²) in [6.07, 6.45) is 2.25. The number of aromatic nitrogens is 4. The van der Waals surface area contributed by atoms with Gasteiger partial charge < -0.3 is 0 Å². The van der Waals surface area contributed by atoms with E-state index in [-0.39, 0.29) is 5.56 Å². The van der Waals surface area contributed by atoms with Gasteiger partial charge in [0.2, 0.25) is 0 Å². The van der Waals surface area contributed by atoms with Crippen LogP contribution in [0, 0.1) is 6.92 Å². The van der Waals surface area contributed by atoms with E-state index < -0.39 is 0 Å². The lowest BCUT2D eigenvalue weighted by atomic mass is 10.3. The zero-order valence-corrected chi connectivity index (χ0v) is 12.1. The molecule has 0 bridgehead atoms. The Morgan fingerprint density at radius 1 is 1.35 bits per heavy atom. The highest BCUT2D eigenvalue weighted by Gasteiger charge is 2.06. The van der Waals surface area contributed by atoms with Gasteiger partial charge in [-0.15, -0.1) is 0 Å². The fraction of sp³-hybridized carbons (Fsp3) is 0.214. The molecule has 0 aromatic carbocycles. The van der Waals surface area contributed by atoms with Crippen LogP contribution in [0.3, 0.4) is 0 Å². The van der Waals surface area contributed by atoms with E-state index in [1.165, 1.54) is 10.6 Å². The van der Waals surface area contributed by atoms with Gasteiger partial charge in [-0.2, -0.15) is 5.10 Å². The van der Waals surface area contributed by atoms with Crippen molar-refractivity contribution in [3.63, 3.8) is 0 Å². The molecule has 0 aliphatic rings. The minimum atomic E-state index is -0.276. The second-order valence-electron chi connectivity index (χ2n) is 4.18. The molecular weight excluding hydrogens is 276 g/mol. The Bertz CT molecular complexity index is 706. The maximum absolute atomic E-state index is 12.4. The van der Waals surface area contributed by atoms with E-state index in [2.05, 4.69) is 15.2 Å². The van der Waals surface area contributed by atoms with Crippen molar-refractivity contribution >= 4 is 11.6 Å². The van der Waals surface area contributed by atoms with Gasteiger partial charge in [0.15, 0.2) is 5.82 Å².